The molecule has 1 aromatic carbocycles. The van der Waals surface area contributed by atoms with Crippen molar-refractivity contribution in [2.45, 2.75) is 57.5 Å². The van der Waals surface area contributed by atoms with Gasteiger partial charge in [-0.15, -0.1) is 0 Å². The summed E-state index contributed by atoms with van der Waals surface area (Å²) in [5, 5.41) is 11.7. The van der Waals surface area contributed by atoms with E-state index in [2.05, 4.69) is 10.0 Å². The molecule has 0 aliphatic heterocycles. The molecule has 1 amide bonds. The number of carboxylic acids is 1. The van der Waals surface area contributed by atoms with E-state index in [1.54, 1.807) is 13.8 Å². The molecule has 1 rings (SSSR count). The van der Waals surface area contributed by atoms with Gasteiger partial charge < -0.3 is 10.4 Å². The Labute approximate surface area is 148 Å². The zero-order valence-corrected chi connectivity index (χ0v) is 15.8. The van der Waals surface area contributed by atoms with E-state index in [4.69, 9.17) is 0 Å². The molecule has 3 atom stereocenters. The average Bonchev–Trinajstić information content (AvgIpc) is 2.58. The first kappa shape index (κ1) is 21.1. The summed E-state index contributed by atoms with van der Waals surface area (Å²) < 4.78 is 26.9. The number of hydrogen-bond donors (Lipinski definition) is 3. The predicted octanol–water partition coefficient (Wildman–Crippen LogP) is 1.99. The third-order valence-electron chi connectivity index (χ3n) is 4.16. The van der Waals surface area contributed by atoms with Gasteiger partial charge in [-0.25, -0.2) is 17.9 Å². The molecule has 0 aliphatic rings. The molecular formula is C17H26N2O5S. The Bertz CT molecular complexity index is 700. The summed E-state index contributed by atoms with van der Waals surface area (Å²) in [6.07, 6.45) is 1.27. The number of rotatable bonds is 9. The van der Waals surface area contributed by atoms with Crippen LogP contribution in [-0.2, 0) is 14.8 Å². The van der Waals surface area contributed by atoms with Crippen LogP contribution in [0.3, 0.4) is 0 Å². The zero-order chi connectivity index (χ0) is 19.2. The molecular weight excluding hydrogens is 344 g/mol. The van der Waals surface area contributed by atoms with Crippen LogP contribution in [0.4, 0.5) is 0 Å². The lowest BCUT2D eigenvalue weighted by Crippen LogP contribution is -2.45. The van der Waals surface area contributed by atoms with Gasteiger partial charge in [-0.1, -0.05) is 27.2 Å². The number of carbonyl (C=O) groups excluding carboxylic acids is 1. The van der Waals surface area contributed by atoms with E-state index in [0.29, 0.717) is 12.8 Å². The van der Waals surface area contributed by atoms with Gasteiger partial charge in [-0.2, -0.15) is 0 Å². The molecule has 0 aromatic heterocycles. The molecule has 25 heavy (non-hydrogen) atoms. The molecule has 140 valence electrons. The highest BCUT2D eigenvalue weighted by atomic mass is 32.2. The Morgan fingerprint density at radius 3 is 2.08 bits per heavy atom. The molecule has 0 radical (unpaired) electrons. The van der Waals surface area contributed by atoms with Gasteiger partial charge in [0.15, 0.2) is 0 Å². The number of nitrogens with one attached hydrogen (secondary N) is 2. The fourth-order valence-corrected chi connectivity index (χ4v) is 3.44. The van der Waals surface area contributed by atoms with Crippen molar-refractivity contribution >= 4 is 21.9 Å². The Morgan fingerprint density at radius 1 is 1.08 bits per heavy atom. The van der Waals surface area contributed by atoms with Crippen LogP contribution in [0.15, 0.2) is 29.2 Å². The van der Waals surface area contributed by atoms with Gasteiger partial charge in [-0.3, -0.25) is 4.79 Å². The maximum atomic E-state index is 12.2. The van der Waals surface area contributed by atoms with Gasteiger partial charge in [0.2, 0.25) is 10.0 Å². The van der Waals surface area contributed by atoms with E-state index in [0.717, 1.165) is 0 Å². The maximum Gasteiger partial charge on any atom is 0.326 e. The molecule has 0 fully saturated rings. The highest BCUT2D eigenvalue weighted by molar-refractivity contribution is 7.89. The van der Waals surface area contributed by atoms with Crippen molar-refractivity contribution in [3.63, 3.8) is 0 Å². The van der Waals surface area contributed by atoms with Crippen LogP contribution in [-0.4, -0.2) is 37.5 Å². The van der Waals surface area contributed by atoms with E-state index in [9.17, 15) is 23.1 Å². The summed E-state index contributed by atoms with van der Waals surface area (Å²) >= 11 is 0. The molecule has 8 heteroatoms. The minimum atomic E-state index is -3.64. The van der Waals surface area contributed by atoms with Crippen molar-refractivity contribution in [2.24, 2.45) is 5.92 Å². The highest BCUT2D eigenvalue weighted by Crippen LogP contribution is 2.13. The number of carboxylic acid groups (broad SMARTS) is 1. The Balaban J connectivity index is 2.91. The number of benzene rings is 1. The minimum absolute atomic E-state index is 0.0565. The Kier molecular flexibility index (Phi) is 7.57. The van der Waals surface area contributed by atoms with Gasteiger partial charge in [0.05, 0.1) is 4.90 Å². The molecule has 7 nitrogen and oxygen atoms in total. The molecule has 1 aromatic rings. The zero-order valence-electron chi connectivity index (χ0n) is 14.9. The fourth-order valence-electron chi connectivity index (χ4n) is 2.11. The molecule has 0 spiro atoms. The number of hydrogen-bond acceptors (Lipinski definition) is 4. The van der Waals surface area contributed by atoms with Gasteiger partial charge in [0, 0.05) is 11.6 Å². The molecule has 0 heterocycles. The van der Waals surface area contributed by atoms with Crippen molar-refractivity contribution in [3.05, 3.63) is 29.8 Å². The average molecular weight is 370 g/mol. The van der Waals surface area contributed by atoms with E-state index in [-0.39, 0.29) is 22.4 Å². The van der Waals surface area contributed by atoms with Crippen molar-refractivity contribution < 1.29 is 23.1 Å². The second-order valence-corrected chi connectivity index (χ2v) is 7.84. The summed E-state index contributed by atoms with van der Waals surface area (Å²) in [6.45, 7) is 7.23. The van der Waals surface area contributed by atoms with Crippen LogP contribution in [0.5, 0.6) is 0 Å². The van der Waals surface area contributed by atoms with Crippen LogP contribution < -0.4 is 10.0 Å². The maximum absolute atomic E-state index is 12.2. The van der Waals surface area contributed by atoms with Gasteiger partial charge in [0.25, 0.3) is 5.91 Å². The smallest absolute Gasteiger partial charge is 0.326 e. The quantitative estimate of drug-likeness (QED) is 0.615. The first-order valence-electron chi connectivity index (χ1n) is 8.28. The van der Waals surface area contributed by atoms with Crippen molar-refractivity contribution in [2.75, 3.05) is 0 Å². The first-order chi connectivity index (χ1) is 11.6. The number of aliphatic carboxylic acids is 1. The van der Waals surface area contributed by atoms with Crippen LogP contribution in [0.1, 0.15) is 50.9 Å². The fraction of sp³-hybridized carbons (Fsp3) is 0.529. The molecule has 0 saturated carbocycles. The summed E-state index contributed by atoms with van der Waals surface area (Å²) in [7, 11) is -3.64. The molecule has 0 aliphatic carbocycles. The minimum Gasteiger partial charge on any atom is -0.480 e. The first-order valence-corrected chi connectivity index (χ1v) is 9.76. The molecule has 0 bridgehead atoms. The van der Waals surface area contributed by atoms with E-state index in [1.807, 2.05) is 13.8 Å². The molecule has 1 unspecified atom stereocenters. The standard InChI is InChI=1S/C17H26N2O5S/c1-5-11(3)15(17(21)22)18-16(20)13-7-9-14(10-8-13)25(23,24)19-12(4)6-2/h7-12,15,19H,5-6H2,1-4H3,(H,18,20)(H,21,22)/t11-,12?,15-/m0/s1. The lowest BCUT2D eigenvalue weighted by atomic mass is 9.99. The number of carbonyl (C=O) groups is 2. The third kappa shape index (κ3) is 5.82. The van der Waals surface area contributed by atoms with Crippen molar-refractivity contribution in [1.82, 2.24) is 10.0 Å². The van der Waals surface area contributed by atoms with Crippen LogP contribution in [0, 0.1) is 5.92 Å². The lowest BCUT2D eigenvalue weighted by molar-refractivity contribution is -0.140. The summed E-state index contributed by atoms with van der Waals surface area (Å²) in [5.74, 6) is -1.87. The van der Waals surface area contributed by atoms with E-state index < -0.39 is 27.9 Å². The Morgan fingerprint density at radius 2 is 1.64 bits per heavy atom. The van der Waals surface area contributed by atoms with Crippen LogP contribution in [0.2, 0.25) is 0 Å². The SMILES string of the molecule is CCC(C)NS(=O)(=O)c1ccc(C(=O)N[C@H](C(=O)O)[C@@H](C)CC)cc1. The summed E-state index contributed by atoms with van der Waals surface area (Å²) in [4.78, 5) is 23.6. The van der Waals surface area contributed by atoms with E-state index in [1.165, 1.54) is 24.3 Å². The van der Waals surface area contributed by atoms with Crippen LogP contribution in [0.25, 0.3) is 0 Å². The third-order valence-corrected chi connectivity index (χ3v) is 5.77. The topological polar surface area (TPSA) is 113 Å². The van der Waals surface area contributed by atoms with E-state index >= 15 is 0 Å². The predicted molar refractivity (Wildman–Crippen MR) is 94.9 cm³/mol. The Hall–Kier alpha value is -1.93. The molecule has 0 saturated heterocycles. The summed E-state index contributed by atoms with van der Waals surface area (Å²) in [5.41, 5.74) is 0.206. The lowest BCUT2D eigenvalue weighted by Gasteiger charge is -2.20. The monoisotopic (exact) mass is 370 g/mol. The normalized spacial score (nSPS) is 15.2. The molecule has 3 N–H and O–H groups in total. The second kappa shape index (κ2) is 8.96. The van der Waals surface area contributed by atoms with Crippen molar-refractivity contribution in [3.8, 4) is 0 Å². The second-order valence-electron chi connectivity index (χ2n) is 6.13. The highest BCUT2D eigenvalue weighted by Gasteiger charge is 2.26. The van der Waals surface area contributed by atoms with Gasteiger partial charge in [0.1, 0.15) is 6.04 Å². The van der Waals surface area contributed by atoms with Crippen molar-refractivity contribution in [1.29, 1.82) is 0 Å². The van der Waals surface area contributed by atoms with Crippen LogP contribution >= 0.6 is 0 Å². The number of sulfonamides is 1. The number of amides is 1. The summed E-state index contributed by atoms with van der Waals surface area (Å²) in [6, 6.07) is 4.22. The van der Waals surface area contributed by atoms with Gasteiger partial charge >= 0.3 is 5.97 Å². The largest absolute Gasteiger partial charge is 0.480 e. The van der Waals surface area contributed by atoms with Gasteiger partial charge in [-0.05, 0) is 43.5 Å².